The maximum absolute atomic E-state index is 6.64. The van der Waals surface area contributed by atoms with Crippen LogP contribution in [0, 0.1) is 6.92 Å². The molecule has 1 saturated heterocycles. The van der Waals surface area contributed by atoms with Crippen molar-refractivity contribution < 1.29 is 4.74 Å². The SMILES string of the molecule is CCCN1CCC2(CCc3cc(-c4cnc5ccccc5c4C)ccc3O2)CC1. The number of hydrogen-bond acceptors (Lipinski definition) is 3. The monoisotopic (exact) mass is 386 g/mol. The number of piperidine rings is 1. The molecule has 3 heterocycles. The molecule has 0 amide bonds. The molecule has 0 N–H and O–H groups in total. The average molecular weight is 387 g/mol. The molecule has 5 rings (SSSR count). The number of aryl methyl sites for hydroxylation is 2. The average Bonchev–Trinajstić information content (AvgIpc) is 2.76. The van der Waals surface area contributed by atoms with E-state index in [-0.39, 0.29) is 5.60 Å². The van der Waals surface area contributed by atoms with Gasteiger partial charge in [-0.15, -0.1) is 0 Å². The fraction of sp³-hybridized carbons (Fsp3) is 0.423. The van der Waals surface area contributed by atoms with Crippen molar-refractivity contribution in [2.24, 2.45) is 0 Å². The summed E-state index contributed by atoms with van der Waals surface area (Å²) in [5.41, 5.74) is 6.23. The van der Waals surface area contributed by atoms with E-state index in [1.165, 1.54) is 53.7 Å². The number of hydrogen-bond donors (Lipinski definition) is 0. The molecule has 3 heteroatoms. The van der Waals surface area contributed by atoms with E-state index in [9.17, 15) is 0 Å². The van der Waals surface area contributed by atoms with E-state index in [0.717, 1.165) is 36.9 Å². The molecule has 0 radical (unpaired) electrons. The summed E-state index contributed by atoms with van der Waals surface area (Å²) < 4.78 is 6.64. The Balaban J connectivity index is 1.40. The van der Waals surface area contributed by atoms with Gasteiger partial charge in [0.1, 0.15) is 11.4 Å². The third-order valence-electron chi connectivity index (χ3n) is 6.90. The zero-order valence-corrected chi connectivity index (χ0v) is 17.6. The van der Waals surface area contributed by atoms with Gasteiger partial charge in [0.15, 0.2) is 0 Å². The van der Waals surface area contributed by atoms with Crippen molar-refractivity contribution in [3.05, 3.63) is 59.8 Å². The molecule has 0 aliphatic carbocycles. The maximum Gasteiger partial charge on any atom is 0.123 e. The van der Waals surface area contributed by atoms with Gasteiger partial charge in [0, 0.05) is 30.2 Å². The molecule has 0 bridgehead atoms. The number of aromatic nitrogens is 1. The number of nitrogens with zero attached hydrogens (tertiary/aromatic N) is 2. The van der Waals surface area contributed by atoms with Crippen molar-refractivity contribution >= 4 is 10.9 Å². The molecule has 0 unspecified atom stereocenters. The number of pyridine rings is 1. The van der Waals surface area contributed by atoms with Gasteiger partial charge in [-0.3, -0.25) is 4.98 Å². The van der Waals surface area contributed by atoms with Gasteiger partial charge in [0.25, 0.3) is 0 Å². The fourth-order valence-electron chi connectivity index (χ4n) is 5.11. The van der Waals surface area contributed by atoms with E-state index in [2.05, 4.69) is 60.1 Å². The number of fused-ring (bicyclic) bond motifs is 2. The Kier molecular flexibility index (Phi) is 4.79. The van der Waals surface area contributed by atoms with E-state index < -0.39 is 0 Å². The zero-order valence-electron chi connectivity index (χ0n) is 17.6. The largest absolute Gasteiger partial charge is 0.487 e. The second kappa shape index (κ2) is 7.46. The quantitative estimate of drug-likeness (QED) is 0.570. The molecule has 3 aromatic rings. The molecule has 1 aromatic heterocycles. The predicted octanol–water partition coefficient (Wildman–Crippen LogP) is 5.78. The molecule has 1 fully saturated rings. The maximum atomic E-state index is 6.64. The van der Waals surface area contributed by atoms with E-state index in [1.54, 1.807) is 0 Å². The molecule has 2 aliphatic heterocycles. The summed E-state index contributed by atoms with van der Waals surface area (Å²) in [6.45, 7) is 8.03. The summed E-state index contributed by atoms with van der Waals surface area (Å²) >= 11 is 0. The van der Waals surface area contributed by atoms with Crippen LogP contribution in [0.5, 0.6) is 5.75 Å². The Bertz CT molecular complexity index is 1030. The Hall–Kier alpha value is -2.39. The van der Waals surface area contributed by atoms with Gasteiger partial charge in [-0.2, -0.15) is 0 Å². The van der Waals surface area contributed by atoms with Crippen molar-refractivity contribution in [3.63, 3.8) is 0 Å². The first-order chi connectivity index (χ1) is 14.2. The smallest absolute Gasteiger partial charge is 0.123 e. The molecule has 0 saturated carbocycles. The summed E-state index contributed by atoms with van der Waals surface area (Å²) in [4.78, 5) is 7.27. The standard InChI is InChI=1S/C26H30N2O/c1-3-14-28-15-12-26(13-16-28)11-10-21-17-20(8-9-25(21)29-26)23-18-27-24-7-5-4-6-22(24)19(23)2/h4-9,17-18H,3,10-16H2,1-2H3. The Morgan fingerprint density at radius 3 is 2.72 bits per heavy atom. The minimum Gasteiger partial charge on any atom is -0.487 e. The molecule has 1 spiro atoms. The zero-order chi connectivity index (χ0) is 19.8. The second-order valence-corrected chi connectivity index (χ2v) is 8.76. The van der Waals surface area contributed by atoms with E-state index in [1.807, 2.05) is 12.3 Å². The molecular weight excluding hydrogens is 356 g/mol. The van der Waals surface area contributed by atoms with Crippen LogP contribution >= 0.6 is 0 Å². The van der Waals surface area contributed by atoms with Crippen LogP contribution in [0.2, 0.25) is 0 Å². The molecule has 2 aromatic carbocycles. The highest BCUT2D eigenvalue weighted by atomic mass is 16.5. The number of para-hydroxylation sites is 1. The first-order valence-corrected chi connectivity index (χ1v) is 11.1. The van der Waals surface area contributed by atoms with Crippen LogP contribution in [-0.2, 0) is 6.42 Å². The van der Waals surface area contributed by atoms with Crippen molar-refractivity contribution in [3.8, 4) is 16.9 Å². The summed E-state index contributed by atoms with van der Waals surface area (Å²) in [5, 5.41) is 1.23. The number of benzene rings is 2. The van der Waals surface area contributed by atoms with Crippen LogP contribution < -0.4 is 4.74 Å². The highest BCUT2D eigenvalue weighted by molar-refractivity contribution is 5.88. The van der Waals surface area contributed by atoms with Crippen molar-refractivity contribution in [2.45, 2.75) is 51.6 Å². The van der Waals surface area contributed by atoms with Gasteiger partial charge < -0.3 is 9.64 Å². The molecule has 150 valence electrons. The van der Waals surface area contributed by atoms with Gasteiger partial charge in [-0.1, -0.05) is 31.2 Å². The predicted molar refractivity (Wildman–Crippen MR) is 120 cm³/mol. The van der Waals surface area contributed by atoms with Crippen LogP contribution in [0.25, 0.3) is 22.0 Å². The lowest BCUT2D eigenvalue weighted by Crippen LogP contribution is -2.49. The van der Waals surface area contributed by atoms with Gasteiger partial charge in [-0.25, -0.2) is 0 Å². The van der Waals surface area contributed by atoms with E-state index >= 15 is 0 Å². The molecule has 0 atom stereocenters. The number of rotatable bonds is 3. The van der Waals surface area contributed by atoms with Crippen molar-refractivity contribution in [2.75, 3.05) is 19.6 Å². The van der Waals surface area contributed by atoms with Gasteiger partial charge in [0.05, 0.1) is 5.52 Å². The lowest BCUT2D eigenvalue weighted by atomic mass is 9.82. The van der Waals surface area contributed by atoms with Crippen molar-refractivity contribution in [1.82, 2.24) is 9.88 Å². The van der Waals surface area contributed by atoms with E-state index in [0.29, 0.717) is 0 Å². The van der Waals surface area contributed by atoms with Crippen LogP contribution in [-0.4, -0.2) is 35.1 Å². The van der Waals surface area contributed by atoms with Gasteiger partial charge >= 0.3 is 0 Å². The third kappa shape index (κ3) is 3.42. The second-order valence-electron chi connectivity index (χ2n) is 8.76. The fourth-order valence-corrected chi connectivity index (χ4v) is 5.11. The highest BCUT2D eigenvalue weighted by Gasteiger charge is 2.39. The lowest BCUT2D eigenvalue weighted by Gasteiger charge is -2.44. The molecule has 2 aliphatic rings. The summed E-state index contributed by atoms with van der Waals surface area (Å²) in [6, 6.07) is 15.1. The van der Waals surface area contributed by atoms with Gasteiger partial charge in [0.2, 0.25) is 0 Å². The first kappa shape index (κ1) is 18.6. The number of likely N-dealkylation sites (tertiary alicyclic amines) is 1. The Morgan fingerprint density at radius 2 is 1.90 bits per heavy atom. The summed E-state index contributed by atoms with van der Waals surface area (Å²) in [6.07, 6.45) is 7.82. The normalized spacial score (nSPS) is 18.6. The molecule has 29 heavy (non-hydrogen) atoms. The Morgan fingerprint density at radius 1 is 1.07 bits per heavy atom. The molecule has 3 nitrogen and oxygen atoms in total. The van der Waals surface area contributed by atoms with E-state index in [4.69, 9.17) is 4.74 Å². The van der Waals surface area contributed by atoms with Crippen LogP contribution in [0.1, 0.15) is 43.7 Å². The summed E-state index contributed by atoms with van der Waals surface area (Å²) in [7, 11) is 0. The lowest BCUT2D eigenvalue weighted by molar-refractivity contribution is -0.0143. The third-order valence-corrected chi connectivity index (χ3v) is 6.90. The minimum atomic E-state index is 0.0547. The highest BCUT2D eigenvalue weighted by Crippen LogP contribution is 2.41. The van der Waals surface area contributed by atoms with Crippen LogP contribution in [0.15, 0.2) is 48.7 Å². The Labute approximate surface area is 173 Å². The van der Waals surface area contributed by atoms with Crippen LogP contribution in [0.3, 0.4) is 0 Å². The van der Waals surface area contributed by atoms with Crippen molar-refractivity contribution in [1.29, 1.82) is 0 Å². The van der Waals surface area contributed by atoms with Crippen LogP contribution in [0.4, 0.5) is 0 Å². The topological polar surface area (TPSA) is 25.4 Å². The minimum absolute atomic E-state index is 0.0547. The number of ether oxygens (including phenoxy) is 1. The first-order valence-electron chi connectivity index (χ1n) is 11.1. The van der Waals surface area contributed by atoms with Gasteiger partial charge in [-0.05, 0) is 80.5 Å². The summed E-state index contributed by atoms with van der Waals surface area (Å²) in [5.74, 6) is 1.09. The molecular formula is C26H30N2O.